The Labute approximate surface area is 191 Å². The molecule has 0 saturated carbocycles. The number of amides is 1. The molecule has 10 heteroatoms. The summed E-state index contributed by atoms with van der Waals surface area (Å²) in [7, 11) is 0. The van der Waals surface area contributed by atoms with E-state index in [-0.39, 0.29) is 13.2 Å². The third-order valence-electron chi connectivity index (χ3n) is 4.56. The van der Waals surface area contributed by atoms with E-state index in [4.69, 9.17) is 9.47 Å². The van der Waals surface area contributed by atoms with Crippen molar-refractivity contribution in [1.82, 2.24) is 0 Å². The molecule has 0 bridgehead atoms. The van der Waals surface area contributed by atoms with Crippen molar-refractivity contribution in [3.05, 3.63) is 94.6 Å². The van der Waals surface area contributed by atoms with Crippen molar-refractivity contribution in [2.45, 2.75) is 19.7 Å². The second-order valence-electron chi connectivity index (χ2n) is 6.97. The smallest absolute Gasteiger partial charge is 0.419 e. The predicted molar refractivity (Wildman–Crippen MR) is 112 cm³/mol. The van der Waals surface area contributed by atoms with Gasteiger partial charge in [0.05, 0.1) is 12.2 Å². The van der Waals surface area contributed by atoms with E-state index in [1.54, 1.807) is 30.3 Å². The lowest BCUT2D eigenvalue weighted by molar-refractivity contribution is -0.138. The third kappa shape index (κ3) is 5.89. The molecule has 3 aromatic rings. The first kappa shape index (κ1) is 24.7. The Kier molecular flexibility index (Phi) is 7.50. The van der Waals surface area contributed by atoms with Gasteiger partial charge in [0.25, 0.3) is 5.91 Å². The topological polar surface area (TPSA) is 64.6 Å². The molecule has 0 aromatic heterocycles. The SMILES string of the molecule is CCOc1ccc(C(=O)Nc2cc(F)c(C(=O)OCc3ccccc3)c(F)c2)cc1C(F)(F)F. The van der Waals surface area contributed by atoms with Crippen LogP contribution in [0.2, 0.25) is 0 Å². The van der Waals surface area contributed by atoms with Crippen LogP contribution in [0.1, 0.15) is 38.8 Å². The van der Waals surface area contributed by atoms with E-state index in [0.29, 0.717) is 23.8 Å². The summed E-state index contributed by atoms with van der Waals surface area (Å²) in [4.78, 5) is 24.5. The maximum Gasteiger partial charge on any atom is 0.419 e. The molecule has 0 spiro atoms. The summed E-state index contributed by atoms with van der Waals surface area (Å²) in [5.41, 5.74) is -2.34. The molecule has 34 heavy (non-hydrogen) atoms. The van der Waals surface area contributed by atoms with Gasteiger partial charge in [-0.05, 0) is 42.8 Å². The highest BCUT2D eigenvalue weighted by Crippen LogP contribution is 2.37. The van der Waals surface area contributed by atoms with Crippen LogP contribution >= 0.6 is 0 Å². The molecule has 0 unspecified atom stereocenters. The fraction of sp³-hybridized carbons (Fsp3) is 0.167. The molecule has 0 aliphatic rings. The average Bonchev–Trinajstić information content (AvgIpc) is 2.77. The van der Waals surface area contributed by atoms with E-state index in [0.717, 1.165) is 12.1 Å². The zero-order chi connectivity index (χ0) is 24.9. The van der Waals surface area contributed by atoms with Crippen LogP contribution in [0.15, 0.2) is 60.7 Å². The van der Waals surface area contributed by atoms with Gasteiger partial charge in [0.1, 0.15) is 29.6 Å². The summed E-state index contributed by atoms with van der Waals surface area (Å²) < 4.78 is 78.6. The number of hydrogen-bond donors (Lipinski definition) is 1. The van der Waals surface area contributed by atoms with Crippen LogP contribution in [0.4, 0.5) is 27.6 Å². The molecule has 0 fully saturated rings. The monoisotopic (exact) mass is 479 g/mol. The first-order valence-electron chi connectivity index (χ1n) is 9.95. The Bertz CT molecular complexity index is 1170. The second-order valence-corrected chi connectivity index (χ2v) is 6.97. The normalized spacial score (nSPS) is 11.1. The van der Waals surface area contributed by atoms with E-state index >= 15 is 0 Å². The largest absolute Gasteiger partial charge is 0.493 e. The Hall–Kier alpha value is -3.95. The van der Waals surface area contributed by atoms with Gasteiger partial charge in [0, 0.05) is 11.3 Å². The number of rotatable bonds is 7. The van der Waals surface area contributed by atoms with Gasteiger partial charge in [-0.15, -0.1) is 0 Å². The maximum absolute atomic E-state index is 14.4. The van der Waals surface area contributed by atoms with Crippen molar-refractivity contribution in [1.29, 1.82) is 0 Å². The number of carbonyl (C=O) groups excluding carboxylic acids is 2. The number of benzene rings is 3. The molecule has 1 N–H and O–H groups in total. The van der Waals surface area contributed by atoms with E-state index in [1.165, 1.54) is 6.92 Å². The Balaban J connectivity index is 1.77. The lowest BCUT2D eigenvalue weighted by Crippen LogP contribution is -2.16. The summed E-state index contributed by atoms with van der Waals surface area (Å²) in [6, 6.07) is 12.4. The zero-order valence-electron chi connectivity index (χ0n) is 17.7. The summed E-state index contributed by atoms with van der Waals surface area (Å²) in [5, 5.41) is 2.11. The van der Waals surface area contributed by atoms with Crippen molar-refractivity contribution >= 4 is 17.6 Å². The molecule has 3 aromatic carbocycles. The van der Waals surface area contributed by atoms with Gasteiger partial charge in [-0.1, -0.05) is 30.3 Å². The van der Waals surface area contributed by atoms with Crippen molar-refractivity contribution in [2.75, 3.05) is 11.9 Å². The summed E-state index contributed by atoms with van der Waals surface area (Å²) >= 11 is 0. The van der Waals surface area contributed by atoms with Gasteiger partial charge in [-0.2, -0.15) is 13.2 Å². The molecule has 0 aliphatic heterocycles. The first-order chi connectivity index (χ1) is 16.1. The molecule has 178 valence electrons. The van der Waals surface area contributed by atoms with Gasteiger partial charge in [0.2, 0.25) is 0 Å². The summed E-state index contributed by atoms with van der Waals surface area (Å²) in [6.45, 7) is 1.27. The van der Waals surface area contributed by atoms with Crippen LogP contribution in [0.5, 0.6) is 5.75 Å². The Morgan fingerprint density at radius 2 is 1.59 bits per heavy atom. The van der Waals surface area contributed by atoms with Crippen LogP contribution in [0, 0.1) is 11.6 Å². The van der Waals surface area contributed by atoms with Crippen LogP contribution in [0.3, 0.4) is 0 Å². The van der Waals surface area contributed by atoms with Crippen molar-refractivity contribution in [3.63, 3.8) is 0 Å². The number of hydrogen-bond acceptors (Lipinski definition) is 4. The maximum atomic E-state index is 14.4. The lowest BCUT2D eigenvalue weighted by Gasteiger charge is -2.15. The fourth-order valence-electron chi connectivity index (χ4n) is 3.01. The molecule has 1 amide bonds. The molecular weight excluding hydrogens is 461 g/mol. The standard InChI is InChI=1S/C24H18F5NO4/c1-2-33-20-9-8-15(10-17(20)24(27,28)29)22(31)30-16-11-18(25)21(19(26)12-16)23(32)34-13-14-6-4-3-5-7-14/h3-12H,2,13H2,1H3,(H,30,31). The minimum absolute atomic E-state index is 0.0205. The second kappa shape index (κ2) is 10.3. The van der Waals surface area contributed by atoms with E-state index < -0.39 is 57.8 Å². The van der Waals surface area contributed by atoms with Gasteiger partial charge < -0.3 is 14.8 Å². The average molecular weight is 479 g/mol. The number of alkyl halides is 3. The lowest BCUT2D eigenvalue weighted by atomic mass is 10.1. The number of carbonyl (C=O) groups is 2. The molecule has 0 heterocycles. The van der Waals surface area contributed by atoms with Crippen molar-refractivity contribution in [3.8, 4) is 5.75 Å². The quantitative estimate of drug-likeness (QED) is 0.334. The minimum atomic E-state index is -4.79. The third-order valence-corrected chi connectivity index (χ3v) is 4.56. The summed E-state index contributed by atoms with van der Waals surface area (Å²) in [5.74, 6) is -5.38. The minimum Gasteiger partial charge on any atom is -0.493 e. The van der Waals surface area contributed by atoms with E-state index in [1.807, 2.05) is 0 Å². The first-order valence-corrected chi connectivity index (χ1v) is 9.95. The number of anilines is 1. The number of ether oxygens (including phenoxy) is 2. The van der Waals surface area contributed by atoms with Gasteiger partial charge in [0.15, 0.2) is 0 Å². The zero-order valence-corrected chi connectivity index (χ0v) is 17.7. The van der Waals surface area contributed by atoms with Crippen molar-refractivity contribution in [2.24, 2.45) is 0 Å². The highest BCUT2D eigenvalue weighted by atomic mass is 19.4. The van der Waals surface area contributed by atoms with E-state index in [2.05, 4.69) is 5.32 Å². The van der Waals surface area contributed by atoms with E-state index in [9.17, 15) is 31.5 Å². The molecule has 0 aliphatic carbocycles. The molecule has 0 radical (unpaired) electrons. The molecular formula is C24H18F5NO4. The Morgan fingerprint density at radius 3 is 2.18 bits per heavy atom. The molecule has 3 rings (SSSR count). The van der Waals surface area contributed by atoms with Crippen LogP contribution < -0.4 is 10.1 Å². The predicted octanol–water partition coefficient (Wildman–Crippen LogP) is 5.99. The summed E-state index contributed by atoms with van der Waals surface area (Å²) in [6.07, 6.45) is -4.79. The highest BCUT2D eigenvalue weighted by molar-refractivity contribution is 6.04. The highest BCUT2D eigenvalue weighted by Gasteiger charge is 2.35. The van der Waals surface area contributed by atoms with Crippen LogP contribution in [0.25, 0.3) is 0 Å². The molecule has 5 nitrogen and oxygen atoms in total. The molecule has 0 atom stereocenters. The van der Waals surface area contributed by atoms with Gasteiger partial charge in [-0.3, -0.25) is 4.79 Å². The van der Waals surface area contributed by atoms with Crippen molar-refractivity contribution < 1.29 is 41.0 Å². The number of nitrogens with one attached hydrogen (secondary N) is 1. The number of halogens is 5. The fourth-order valence-corrected chi connectivity index (χ4v) is 3.01. The van der Waals surface area contributed by atoms with Gasteiger partial charge >= 0.3 is 12.1 Å². The van der Waals surface area contributed by atoms with Crippen LogP contribution in [-0.4, -0.2) is 18.5 Å². The van der Waals surface area contributed by atoms with Crippen LogP contribution in [-0.2, 0) is 17.5 Å². The molecule has 0 saturated heterocycles. The Morgan fingerprint density at radius 1 is 0.941 bits per heavy atom. The number of esters is 1. The van der Waals surface area contributed by atoms with Gasteiger partial charge in [-0.25, -0.2) is 13.6 Å².